The zero-order chi connectivity index (χ0) is 13.9. The van der Waals surface area contributed by atoms with Gasteiger partial charge in [-0.25, -0.2) is 0 Å². The van der Waals surface area contributed by atoms with E-state index < -0.39 is 0 Å². The highest BCUT2D eigenvalue weighted by atomic mass is 16.2. The van der Waals surface area contributed by atoms with Crippen molar-refractivity contribution in [2.45, 2.75) is 66.0 Å². The van der Waals surface area contributed by atoms with E-state index in [9.17, 15) is 4.79 Å². The van der Waals surface area contributed by atoms with E-state index in [1.807, 2.05) is 0 Å². The molecule has 106 valence electrons. The Morgan fingerprint density at radius 2 is 1.89 bits per heavy atom. The van der Waals surface area contributed by atoms with Gasteiger partial charge in [0.1, 0.15) is 0 Å². The normalized spacial score (nSPS) is 23.8. The summed E-state index contributed by atoms with van der Waals surface area (Å²) in [5.74, 6) is 1.42. The van der Waals surface area contributed by atoms with Gasteiger partial charge in [0.2, 0.25) is 5.91 Å². The first kappa shape index (κ1) is 15.5. The third kappa shape index (κ3) is 4.27. The molecule has 0 radical (unpaired) electrons. The SMILES string of the molecule is CC(C)CC(=O)N1CC(CC(C)C)NCC1(C)C. The van der Waals surface area contributed by atoms with Crippen molar-refractivity contribution in [1.82, 2.24) is 10.2 Å². The molecule has 0 bridgehead atoms. The largest absolute Gasteiger partial charge is 0.335 e. The first-order valence-electron chi connectivity index (χ1n) is 7.26. The fraction of sp³-hybridized carbons (Fsp3) is 0.933. The molecule has 1 aliphatic heterocycles. The fourth-order valence-electron chi connectivity index (χ4n) is 2.65. The number of amides is 1. The van der Waals surface area contributed by atoms with Gasteiger partial charge in [0.15, 0.2) is 0 Å². The first-order chi connectivity index (χ1) is 8.22. The molecule has 0 aliphatic carbocycles. The number of nitrogens with zero attached hydrogens (tertiary/aromatic N) is 1. The van der Waals surface area contributed by atoms with Gasteiger partial charge in [-0.2, -0.15) is 0 Å². The summed E-state index contributed by atoms with van der Waals surface area (Å²) in [7, 11) is 0. The summed E-state index contributed by atoms with van der Waals surface area (Å²) in [6.07, 6.45) is 1.80. The van der Waals surface area contributed by atoms with Gasteiger partial charge in [-0.1, -0.05) is 27.7 Å². The second kappa shape index (κ2) is 6.05. The van der Waals surface area contributed by atoms with Crippen LogP contribution in [0.15, 0.2) is 0 Å². The number of carbonyl (C=O) groups excluding carboxylic acids is 1. The molecule has 3 heteroatoms. The summed E-state index contributed by atoms with van der Waals surface area (Å²) in [5.41, 5.74) is -0.0561. The lowest BCUT2D eigenvalue weighted by atomic mass is 9.92. The van der Waals surface area contributed by atoms with E-state index >= 15 is 0 Å². The number of nitrogens with one attached hydrogen (secondary N) is 1. The lowest BCUT2D eigenvalue weighted by molar-refractivity contribution is -0.139. The van der Waals surface area contributed by atoms with Crippen LogP contribution in [0.5, 0.6) is 0 Å². The Kier molecular flexibility index (Phi) is 5.20. The molecule has 1 fully saturated rings. The third-order valence-corrected chi connectivity index (χ3v) is 3.60. The summed E-state index contributed by atoms with van der Waals surface area (Å²) in [6.45, 7) is 14.8. The van der Waals surface area contributed by atoms with E-state index in [4.69, 9.17) is 0 Å². The molecule has 1 unspecified atom stereocenters. The van der Waals surface area contributed by atoms with Crippen molar-refractivity contribution in [1.29, 1.82) is 0 Å². The average molecular weight is 254 g/mol. The van der Waals surface area contributed by atoms with Crippen LogP contribution in [0.1, 0.15) is 54.4 Å². The number of piperazine rings is 1. The quantitative estimate of drug-likeness (QED) is 0.836. The molecular formula is C15H30N2O. The maximum atomic E-state index is 12.4. The minimum absolute atomic E-state index is 0.0561. The summed E-state index contributed by atoms with van der Waals surface area (Å²) >= 11 is 0. The van der Waals surface area contributed by atoms with E-state index in [1.165, 1.54) is 0 Å². The highest BCUT2D eigenvalue weighted by molar-refractivity contribution is 5.77. The second-order valence-corrected chi connectivity index (χ2v) is 7.12. The molecule has 1 N–H and O–H groups in total. The molecular weight excluding hydrogens is 224 g/mol. The zero-order valence-electron chi connectivity index (χ0n) is 12.9. The van der Waals surface area contributed by atoms with E-state index in [2.05, 4.69) is 51.8 Å². The van der Waals surface area contributed by atoms with E-state index in [0.29, 0.717) is 30.2 Å². The molecule has 0 spiro atoms. The molecule has 1 saturated heterocycles. The van der Waals surface area contributed by atoms with Gasteiger partial charge in [-0.3, -0.25) is 4.79 Å². The number of hydrogen-bond donors (Lipinski definition) is 1. The van der Waals surface area contributed by atoms with Crippen LogP contribution in [0.2, 0.25) is 0 Å². The summed E-state index contributed by atoms with van der Waals surface area (Å²) in [4.78, 5) is 14.4. The van der Waals surface area contributed by atoms with E-state index in [0.717, 1.165) is 19.5 Å². The van der Waals surface area contributed by atoms with Crippen molar-refractivity contribution in [3.8, 4) is 0 Å². The van der Waals surface area contributed by atoms with Crippen LogP contribution in [0.4, 0.5) is 0 Å². The van der Waals surface area contributed by atoms with Gasteiger partial charge < -0.3 is 10.2 Å². The van der Waals surface area contributed by atoms with Crippen LogP contribution in [0.25, 0.3) is 0 Å². The van der Waals surface area contributed by atoms with Crippen LogP contribution >= 0.6 is 0 Å². The highest BCUT2D eigenvalue weighted by Crippen LogP contribution is 2.23. The first-order valence-corrected chi connectivity index (χ1v) is 7.26. The molecule has 18 heavy (non-hydrogen) atoms. The predicted molar refractivity (Wildman–Crippen MR) is 76.5 cm³/mol. The topological polar surface area (TPSA) is 32.3 Å². The molecule has 0 aromatic carbocycles. The van der Waals surface area contributed by atoms with Crippen LogP contribution < -0.4 is 5.32 Å². The van der Waals surface area contributed by atoms with Gasteiger partial charge >= 0.3 is 0 Å². The lowest BCUT2D eigenvalue weighted by Gasteiger charge is -2.47. The Bertz CT molecular complexity index is 284. The number of hydrogen-bond acceptors (Lipinski definition) is 2. The standard InChI is InChI=1S/C15H30N2O/c1-11(2)7-13-9-17(14(18)8-12(3)4)15(5,6)10-16-13/h11-13,16H,7-10H2,1-6H3. The van der Waals surface area contributed by atoms with Crippen molar-refractivity contribution >= 4 is 5.91 Å². The summed E-state index contributed by atoms with van der Waals surface area (Å²) < 4.78 is 0. The van der Waals surface area contributed by atoms with Crippen molar-refractivity contribution < 1.29 is 4.79 Å². The summed E-state index contributed by atoms with van der Waals surface area (Å²) in [5, 5.41) is 3.58. The van der Waals surface area contributed by atoms with Gasteiger partial charge in [-0.05, 0) is 32.1 Å². The minimum Gasteiger partial charge on any atom is -0.335 e. The number of carbonyl (C=O) groups is 1. The predicted octanol–water partition coefficient (Wildman–Crippen LogP) is 2.66. The van der Waals surface area contributed by atoms with Gasteiger partial charge in [-0.15, -0.1) is 0 Å². The molecule has 1 aliphatic rings. The van der Waals surface area contributed by atoms with Gasteiger partial charge in [0.05, 0.1) is 0 Å². The van der Waals surface area contributed by atoms with Crippen LogP contribution in [0.3, 0.4) is 0 Å². The van der Waals surface area contributed by atoms with Crippen molar-refractivity contribution in [2.24, 2.45) is 11.8 Å². The van der Waals surface area contributed by atoms with Crippen molar-refractivity contribution in [3.63, 3.8) is 0 Å². The molecule has 1 amide bonds. The molecule has 3 nitrogen and oxygen atoms in total. The second-order valence-electron chi connectivity index (χ2n) is 7.12. The van der Waals surface area contributed by atoms with Crippen LogP contribution in [-0.4, -0.2) is 35.5 Å². The maximum Gasteiger partial charge on any atom is 0.223 e. The average Bonchev–Trinajstić information content (AvgIpc) is 2.18. The minimum atomic E-state index is -0.0561. The Labute approximate surface area is 112 Å². The van der Waals surface area contributed by atoms with Gasteiger partial charge in [0.25, 0.3) is 0 Å². The molecule has 0 aromatic rings. The molecule has 1 heterocycles. The lowest BCUT2D eigenvalue weighted by Crippen LogP contribution is -2.63. The highest BCUT2D eigenvalue weighted by Gasteiger charge is 2.36. The monoisotopic (exact) mass is 254 g/mol. The van der Waals surface area contributed by atoms with Crippen LogP contribution in [-0.2, 0) is 4.79 Å². The van der Waals surface area contributed by atoms with Crippen molar-refractivity contribution in [2.75, 3.05) is 13.1 Å². The Balaban J connectivity index is 2.68. The van der Waals surface area contributed by atoms with Crippen LogP contribution in [0, 0.1) is 11.8 Å². The Morgan fingerprint density at radius 3 is 2.39 bits per heavy atom. The Morgan fingerprint density at radius 1 is 1.28 bits per heavy atom. The van der Waals surface area contributed by atoms with Gasteiger partial charge in [0, 0.05) is 31.1 Å². The molecule has 1 atom stereocenters. The van der Waals surface area contributed by atoms with Crippen molar-refractivity contribution in [3.05, 3.63) is 0 Å². The molecule has 0 aromatic heterocycles. The fourth-order valence-corrected chi connectivity index (χ4v) is 2.65. The maximum absolute atomic E-state index is 12.4. The Hall–Kier alpha value is -0.570. The van der Waals surface area contributed by atoms with E-state index in [1.54, 1.807) is 0 Å². The molecule has 0 saturated carbocycles. The number of rotatable bonds is 4. The zero-order valence-corrected chi connectivity index (χ0v) is 12.9. The molecule has 1 rings (SSSR count). The third-order valence-electron chi connectivity index (χ3n) is 3.60. The summed E-state index contributed by atoms with van der Waals surface area (Å²) in [6, 6.07) is 0.453. The smallest absolute Gasteiger partial charge is 0.223 e. The van der Waals surface area contributed by atoms with E-state index in [-0.39, 0.29) is 5.54 Å².